The van der Waals surface area contributed by atoms with E-state index >= 15 is 0 Å². The molecule has 0 aromatic heterocycles. The van der Waals surface area contributed by atoms with E-state index in [4.69, 9.17) is 4.74 Å². The minimum absolute atomic E-state index is 0.0290. The maximum absolute atomic E-state index is 12.1. The molecule has 3 N–H and O–H groups in total. The van der Waals surface area contributed by atoms with E-state index in [-0.39, 0.29) is 23.4 Å². The summed E-state index contributed by atoms with van der Waals surface area (Å²) >= 11 is 0. The van der Waals surface area contributed by atoms with Crippen LogP contribution in [0.5, 0.6) is 0 Å². The Balaban J connectivity index is 1.99. The highest BCUT2D eigenvalue weighted by Gasteiger charge is 2.19. The van der Waals surface area contributed by atoms with E-state index < -0.39 is 10.0 Å². The lowest BCUT2D eigenvalue weighted by Crippen LogP contribution is -2.48. The van der Waals surface area contributed by atoms with Crippen LogP contribution in [0.3, 0.4) is 0 Å². The van der Waals surface area contributed by atoms with Crippen LogP contribution in [0.1, 0.15) is 10.4 Å². The zero-order valence-corrected chi connectivity index (χ0v) is 12.6. The van der Waals surface area contributed by atoms with Crippen molar-refractivity contribution in [2.45, 2.75) is 10.9 Å². The Bertz CT molecular complexity index is 580. The molecule has 0 bridgehead atoms. The van der Waals surface area contributed by atoms with Crippen LogP contribution in [0, 0.1) is 0 Å². The highest BCUT2D eigenvalue weighted by atomic mass is 32.2. The van der Waals surface area contributed by atoms with Gasteiger partial charge in [-0.3, -0.25) is 4.79 Å². The Morgan fingerprint density at radius 1 is 1.38 bits per heavy atom. The van der Waals surface area contributed by atoms with E-state index in [2.05, 4.69) is 15.4 Å². The molecule has 0 aliphatic carbocycles. The first-order valence-corrected chi connectivity index (χ1v) is 8.14. The summed E-state index contributed by atoms with van der Waals surface area (Å²) < 4.78 is 32.1. The first-order chi connectivity index (χ1) is 10.0. The highest BCUT2D eigenvalue weighted by Crippen LogP contribution is 2.10. The minimum atomic E-state index is -3.59. The summed E-state index contributed by atoms with van der Waals surface area (Å²) in [4.78, 5) is 11.5. The number of hydrogen-bond acceptors (Lipinski definition) is 5. The summed E-state index contributed by atoms with van der Waals surface area (Å²) in [6, 6.07) is 5.76. The van der Waals surface area contributed by atoms with Gasteiger partial charge < -0.3 is 15.4 Å². The van der Waals surface area contributed by atoms with Crippen LogP contribution in [-0.2, 0) is 14.8 Å². The Kier molecular flexibility index (Phi) is 5.29. The van der Waals surface area contributed by atoms with Crippen molar-refractivity contribution in [2.75, 3.05) is 33.4 Å². The third kappa shape index (κ3) is 4.24. The number of amides is 1. The van der Waals surface area contributed by atoms with Gasteiger partial charge in [0.15, 0.2) is 0 Å². The molecule has 7 nitrogen and oxygen atoms in total. The number of ether oxygens (including phenoxy) is 1. The molecule has 1 aliphatic rings. The summed E-state index contributed by atoms with van der Waals surface area (Å²) in [5.74, 6) is -0.254. The number of benzene rings is 1. The van der Waals surface area contributed by atoms with Crippen molar-refractivity contribution in [2.24, 2.45) is 0 Å². The molecule has 1 amide bonds. The molecule has 1 heterocycles. The molecule has 1 unspecified atom stereocenters. The molecule has 0 radical (unpaired) electrons. The summed E-state index contributed by atoms with van der Waals surface area (Å²) in [5.41, 5.74) is 0.416. The smallest absolute Gasteiger partial charge is 0.251 e. The molecule has 21 heavy (non-hydrogen) atoms. The molecule has 2 rings (SSSR count). The van der Waals surface area contributed by atoms with Gasteiger partial charge >= 0.3 is 0 Å². The molecule has 8 heteroatoms. The highest BCUT2D eigenvalue weighted by molar-refractivity contribution is 7.89. The van der Waals surface area contributed by atoms with E-state index in [0.29, 0.717) is 25.3 Å². The summed E-state index contributed by atoms with van der Waals surface area (Å²) in [5, 5.41) is 5.65. The molecule has 1 aliphatic heterocycles. The third-order valence-corrected chi connectivity index (χ3v) is 4.61. The van der Waals surface area contributed by atoms with Crippen molar-refractivity contribution in [3.05, 3.63) is 29.8 Å². The summed E-state index contributed by atoms with van der Waals surface area (Å²) in [6.07, 6.45) is 0. The van der Waals surface area contributed by atoms with Crippen LogP contribution in [0.4, 0.5) is 0 Å². The van der Waals surface area contributed by atoms with Gasteiger partial charge in [-0.05, 0) is 24.3 Å². The molecule has 1 aromatic carbocycles. The molecule has 1 aromatic rings. The van der Waals surface area contributed by atoms with Crippen molar-refractivity contribution in [1.82, 2.24) is 15.4 Å². The van der Waals surface area contributed by atoms with Crippen molar-refractivity contribution in [1.29, 1.82) is 0 Å². The van der Waals surface area contributed by atoms with Crippen LogP contribution in [-0.4, -0.2) is 53.7 Å². The monoisotopic (exact) mass is 313 g/mol. The molecule has 1 saturated heterocycles. The first kappa shape index (κ1) is 15.9. The van der Waals surface area contributed by atoms with Crippen molar-refractivity contribution < 1.29 is 17.9 Å². The average Bonchev–Trinajstić information content (AvgIpc) is 2.53. The lowest BCUT2D eigenvalue weighted by Gasteiger charge is -2.23. The predicted octanol–water partition coefficient (Wildman–Crippen LogP) is -0.687. The van der Waals surface area contributed by atoms with Gasteiger partial charge in [-0.25, -0.2) is 13.1 Å². The number of carbonyl (C=O) groups is 1. The number of sulfonamides is 1. The summed E-state index contributed by atoms with van der Waals surface area (Å²) in [7, 11) is -2.06. The zero-order chi connectivity index (χ0) is 15.3. The topological polar surface area (TPSA) is 96.5 Å². The molecular formula is C13H19N3O4S. The fourth-order valence-electron chi connectivity index (χ4n) is 1.97. The third-order valence-electron chi connectivity index (χ3n) is 3.17. The van der Waals surface area contributed by atoms with Crippen LogP contribution >= 0.6 is 0 Å². The molecule has 116 valence electrons. The van der Waals surface area contributed by atoms with Crippen LogP contribution in [0.2, 0.25) is 0 Å². The van der Waals surface area contributed by atoms with Gasteiger partial charge in [-0.1, -0.05) is 0 Å². The maximum Gasteiger partial charge on any atom is 0.251 e. The number of morpholine rings is 1. The molecular weight excluding hydrogens is 294 g/mol. The van der Waals surface area contributed by atoms with Gasteiger partial charge in [0.2, 0.25) is 10.0 Å². The number of nitrogens with one attached hydrogen (secondary N) is 3. The first-order valence-electron chi connectivity index (χ1n) is 6.66. The summed E-state index contributed by atoms with van der Waals surface area (Å²) in [6.45, 7) is 2.11. The van der Waals surface area contributed by atoms with Crippen LogP contribution in [0.25, 0.3) is 0 Å². The maximum atomic E-state index is 12.1. The van der Waals surface area contributed by atoms with Gasteiger partial charge in [0.25, 0.3) is 5.91 Å². The molecule has 1 atom stereocenters. The van der Waals surface area contributed by atoms with E-state index in [1.807, 2.05) is 0 Å². The van der Waals surface area contributed by atoms with E-state index in [0.717, 1.165) is 0 Å². The number of hydrogen-bond donors (Lipinski definition) is 3. The lowest BCUT2D eigenvalue weighted by molar-refractivity contribution is 0.0784. The average molecular weight is 313 g/mol. The zero-order valence-electron chi connectivity index (χ0n) is 11.8. The Morgan fingerprint density at radius 3 is 2.67 bits per heavy atom. The van der Waals surface area contributed by atoms with Gasteiger partial charge in [-0.2, -0.15) is 0 Å². The fraction of sp³-hybridized carbons (Fsp3) is 0.462. The number of carbonyl (C=O) groups excluding carboxylic acids is 1. The van der Waals surface area contributed by atoms with Gasteiger partial charge in [-0.15, -0.1) is 0 Å². The largest absolute Gasteiger partial charge is 0.378 e. The number of rotatable bonds is 5. The molecule has 0 spiro atoms. The standard InChI is InChI=1S/C13H19N3O4S/c1-14-13(17)10-2-4-12(5-3-10)21(18,19)16-8-11-9-20-7-6-15-11/h2-5,11,15-16H,6-9H2,1H3,(H,14,17). The van der Waals surface area contributed by atoms with E-state index in [1.165, 1.54) is 31.3 Å². The van der Waals surface area contributed by atoms with Crippen molar-refractivity contribution in [3.63, 3.8) is 0 Å². The predicted molar refractivity (Wildman–Crippen MR) is 77.6 cm³/mol. The van der Waals surface area contributed by atoms with Gasteiger partial charge in [0, 0.05) is 31.7 Å². The van der Waals surface area contributed by atoms with E-state index in [1.54, 1.807) is 0 Å². The van der Waals surface area contributed by atoms with Gasteiger partial charge in [0.05, 0.1) is 18.1 Å². The Labute approximate surface area is 124 Å². The van der Waals surface area contributed by atoms with Crippen LogP contribution < -0.4 is 15.4 Å². The quantitative estimate of drug-likeness (QED) is 0.669. The van der Waals surface area contributed by atoms with Crippen molar-refractivity contribution in [3.8, 4) is 0 Å². The fourth-order valence-corrected chi connectivity index (χ4v) is 3.06. The van der Waals surface area contributed by atoms with Crippen LogP contribution in [0.15, 0.2) is 29.2 Å². The Morgan fingerprint density at radius 2 is 2.10 bits per heavy atom. The molecule has 1 fully saturated rings. The van der Waals surface area contributed by atoms with Crippen molar-refractivity contribution >= 4 is 15.9 Å². The second-order valence-corrected chi connectivity index (χ2v) is 6.45. The van der Waals surface area contributed by atoms with E-state index in [9.17, 15) is 13.2 Å². The second-order valence-electron chi connectivity index (χ2n) is 4.68. The van der Waals surface area contributed by atoms with Gasteiger partial charge in [0.1, 0.15) is 0 Å². The minimum Gasteiger partial charge on any atom is -0.378 e. The SMILES string of the molecule is CNC(=O)c1ccc(S(=O)(=O)NCC2COCCN2)cc1. The lowest BCUT2D eigenvalue weighted by atomic mass is 10.2. The molecule has 0 saturated carbocycles. The Hall–Kier alpha value is -1.48. The normalized spacial score (nSPS) is 19.2. The second kappa shape index (κ2) is 6.99.